The van der Waals surface area contributed by atoms with E-state index in [-0.39, 0.29) is 16.6 Å². The molecule has 5 nitrogen and oxygen atoms in total. The zero-order valence-corrected chi connectivity index (χ0v) is 31.7. The molecule has 0 bridgehead atoms. The molecule has 0 saturated carbocycles. The molecular weight excluding hydrogens is 661 g/mol. The smallest absolute Gasteiger partial charge is 0.149 e. The summed E-state index contributed by atoms with van der Waals surface area (Å²) in [5.41, 5.74) is 13.2. The first-order valence-electron chi connectivity index (χ1n) is 18.5. The summed E-state index contributed by atoms with van der Waals surface area (Å²) >= 11 is 0. The molecule has 2 heterocycles. The van der Waals surface area contributed by atoms with Gasteiger partial charge in [-0.15, -0.1) is 0 Å². The minimum atomic E-state index is -0.306. The van der Waals surface area contributed by atoms with Crippen LogP contribution in [-0.4, -0.2) is 24.6 Å². The van der Waals surface area contributed by atoms with Crippen LogP contribution in [0.25, 0.3) is 72.7 Å². The minimum Gasteiger partial charge on any atom is -0.507 e. The number of nitrogens with zero attached hydrogens (tertiary/aromatic N) is 4. The van der Waals surface area contributed by atoms with Gasteiger partial charge in [-0.05, 0) is 81.1 Å². The van der Waals surface area contributed by atoms with E-state index in [9.17, 15) is 5.11 Å². The molecule has 0 aliphatic carbocycles. The molecule has 6 aromatic carbocycles. The number of hydrogen-bond donors (Lipinski definition) is 1. The molecule has 0 saturated heterocycles. The van der Waals surface area contributed by atoms with Crippen LogP contribution in [0.4, 0.5) is 0 Å². The lowest BCUT2D eigenvalue weighted by Gasteiger charge is -2.27. The molecule has 0 spiro atoms. The summed E-state index contributed by atoms with van der Waals surface area (Å²) in [5, 5.41) is 12.3. The Balaban J connectivity index is 1.47. The van der Waals surface area contributed by atoms with Gasteiger partial charge in [0.15, 0.2) is 0 Å². The third-order valence-corrected chi connectivity index (χ3v) is 10.2. The van der Waals surface area contributed by atoms with Gasteiger partial charge >= 0.3 is 0 Å². The van der Waals surface area contributed by atoms with Crippen molar-refractivity contribution in [3.8, 4) is 67.5 Å². The van der Waals surface area contributed by atoms with E-state index < -0.39 is 0 Å². The first-order valence-corrected chi connectivity index (χ1v) is 18.5. The van der Waals surface area contributed by atoms with Gasteiger partial charge in [0.1, 0.15) is 17.9 Å². The van der Waals surface area contributed by atoms with Gasteiger partial charge in [-0.2, -0.15) is 0 Å². The Hall–Kier alpha value is -6.33. The largest absolute Gasteiger partial charge is 0.507 e. The third-order valence-electron chi connectivity index (χ3n) is 10.2. The third kappa shape index (κ3) is 6.47. The second kappa shape index (κ2) is 13.6. The Kier molecular flexibility index (Phi) is 8.74. The molecule has 0 unspecified atom stereocenters. The minimum absolute atomic E-state index is 0.165. The van der Waals surface area contributed by atoms with Crippen molar-refractivity contribution in [2.45, 2.75) is 52.4 Å². The van der Waals surface area contributed by atoms with Crippen molar-refractivity contribution in [3.63, 3.8) is 0 Å². The van der Waals surface area contributed by atoms with Crippen LogP contribution in [0, 0.1) is 0 Å². The number of aromatic nitrogens is 4. The van der Waals surface area contributed by atoms with Crippen molar-refractivity contribution in [3.05, 3.63) is 163 Å². The van der Waals surface area contributed by atoms with Crippen LogP contribution >= 0.6 is 0 Å². The topological polar surface area (TPSA) is 63.8 Å². The molecule has 0 atom stereocenters. The number of aromatic hydroxyl groups is 1. The summed E-state index contributed by atoms with van der Waals surface area (Å²) in [6.45, 7) is 13.1. The van der Waals surface area contributed by atoms with Crippen LogP contribution in [0.3, 0.4) is 0 Å². The van der Waals surface area contributed by atoms with Crippen LogP contribution in [0.5, 0.6) is 5.75 Å². The zero-order valence-electron chi connectivity index (χ0n) is 31.7. The summed E-state index contributed by atoms with van der Waals surface area (Å²) in [4.78, 5) is 14.4. The summed E-state index contributed by atoms with van der Waals surface area (Å²) in [7, 11) is 0. The van der Waals surface area contributed by atoms with Gasteiger partial charge in [0, 0.05) is 28.5 Å². The van der Waals surface area contributed by atoms with Crippen molar-refractivity contribution in [2.75, 3.05) is 0 Å². The number of benzene rings is 6. The second-order valence-electron chi connectivity index (χ2n) is 16.0. The number of imidazole rings is 1. The maximum Gasteiger partial charge on any atom is 0.149 e. The number of rotatable bonds is 6. The van der Waals surface area contributed by atoms with E-state index >= 15 is 0 Å². The van der Waals surface area contributed by atoms with Crippen LogP contribution in [0.15, 0.2) is 152 Å². The number of hydrogen-bond acceptors (Lipinski definition) is 4. The second-order valence-corrected chi connectivity index (χ2v) is 16.0. The predicted octanol–water partition coefficient (Wildman–Crippen LogP) is 12.5. The lowest BCUT2D eigenvalue weighted by molar-refractivity contribution is 0.446. The van der Waals surface area contributed by atoms with E-state index in [0.29, 0.717) is 11.4 Å². The maximum absolute atomic E-state index is 12.3. The fraction of sp³-hybridized carbons (Fsp3) is 0.163. The summed E-state index contributed by atoms with van der Waals surface area (Å²) < 4.78 is 2.24. The Bertz CT molecular complexity index is 2550. The molecule has 2 aromatic heterocycles. The number of para-hydroxylation sites is 2. The van der Waals surface area contributed by atoms with Gasteiger partial charge in [-0.25, -0.2) is 15.0 Å². The Morgan fingerprint density at radius 2 is 1.19 bits per heavy atom. The SMILES string of the molecule is CC(C)(C)c1cc(-c2nc3c(-c4cc(-c5ccccc5)cc(-c5ccncn5)c4)cccc3n2-c2ccccc2-c2ccccc2)c(O)c(C(C)(C)C)c1. The van der Waals surface area contributed by atoms with E-state index in [2.05, 4.69) is 177 Å². The fourth-order valence-electron chi connectivity index (χ4n) is 7.29. The zero-order chi connectivity index (χ0) is 37.6. The summed E-state index contributed by atoms with van der Waals surface area (Å²) in [5.74, 6) is 0.938. The lowest BCUT2D eigenvalue weighted by Crippen LogP contribution is -2.17. The molecule has 8 rings (SSSR count). The molecule has 1 N–H and O–H groups in total. The molecule has 5 heteroatoms. The highest BCUT2D eigenvalue weighted by Gasteiger charge is 2.29. The maximum atomic E-state index is 12.3. The van der Waals surface area contributed by atoms with Crippen LogP contribution in [0.1, 0.15) is 52.7 Å². The standard InChI is InChI=1S/C49H44N4O/c1-48(2,3)37-29-40(46(54)41(30-37)49(4,5)6)47-52-45-39(21-15-23-44(45)53(47)43-22-14-13-20-38(43)33-18-11-8-12-19-33)35-26-34(32-16-9-7-10-17-32)27-36(28-35)42-24-25-50-31-51-42/h7-31,54H,1-6H3. The highest BCUT2D eigenvalue weighted by atomic mass is 16.3. The molecule has 0 amide bonds. The van der Waals surface area contributed by atoms with Crippen molar-refractivity contribution < 1.29 is 5.11 Å². The van der Waals surface area contributed by atoms with Crippen LogP contribution in [-0.2, 0) is 10.8 Å². The summed E-state index contributed by atoms with van der Waals surface area (Å²) in [6, 6.07) is 48.6. The first kappa shape index (κ1) is 34.7. The van der Waals surface area contributed by atoms with Crippen molar-refractivity contribution in [2.24, 2.45) is 0 Å². The molecule has 0 aliphatic rings. The number of fused-ring (bicyclic) bond motifs is 1. The molecule has 8 aromatic rings. The normalized spacial score (nSPS) is 12.0. The van der Waals surface area contributed by atoms with E-state index in [1.165, 1.54) is 0 Å². The molecular formula is C49H44N4O. The average molecular weight is 705 g/mol. The van der Waals surface area contributed by atoms with E-state index in [1.54, 1.807) is 12.5 Å². The van der Waals surface area contributed by atoms with Crippen LogP contribution in [0.2, 0.25) is 0 Å². The van der Waals surface area contributed by atoms with E-state index in [0.717, 1.165) is 72.5 Å². The van der Waals surface area contributed by atoms with Gasteiger partial charge in [-0.1, -0.05) is 139 Å². The molecule has 266 valence electrons. The first-order chi connectivity index (χ1) is 26.0. The number of phenols is 1. The Labute approximate surface area is 317 Å². The fourth-order valence-corrected chi connectivity index (χ4v) is 7.29. The quantitative estimate of drug-likeness (QED) is 0.187. The van der Waals surface area contributed by atoms with Gasteiger partial charge in [0.2, 0.25) is 0 Å². The van der Waals surface area contributed by atoms with Crippen LogP contribution < -0.4 is 0 Å². The van der Waals surface area contributed by atoms with Crippen molar-refractivity contribution in [1.82, 2.24) is 19.5 Å². The van der Waals surface area contributed by atoms with Crippen molar-refractivity contribution in [1.29, 1.82) is 0 Å². The average Bonchev–Trinajstić information content (AvgIpc) is 3.57. The molecule has 0 fully saturated rings. The highest BCUT2D eigenvalue weighted by molar-refractivity contribution is 5.98. The van der Waals surface area contributed by atoms with Gasteiger partial charge in [0.05, 0.1) is 28.0 Å². The van der Waals surface area contributed by atoms with Gasteiger partial charge < -0.3 is 5.11 Å². The predicted molar refractivity (Wildman–Crippen MR) is 223 cm³/mol. The van der Waals surface area contributed by atoms with E-state index in [1.807, 2.05) is 18.2 Å². The van der Waals surface area contributed by atoms with Gasteiger partial charge in [0.25, 0.3) is 0 Å². The molecule has 54 heavy (non-hydrogen) atoms. The van der Waals surface area contributed by atoms with Gasteiger partial charge in [-0.3, -0.25) is 4.57 Å². The molecule has 0 aliphatic heterocycles. The monoisotopic (exact) mass is 704 g/mol. The highest BCUT2D eigenvalue weighted by Crippen LogP contribution is 2.45. The van der Waals surface area contributed by atoms with E-state index in [4.69, 9.17) is 4.98 Å². The molecule has 0 radical (unpaired) electrons. The Morgan fingerprint density at radius 1 is 0.537 bits per heavy atom. The number of phenolic OH excluding ortho intramolecular Hbond substituents is 1. The lowest BCUT2D eigenvalue weighted by atomic mass is 9.79. The summed E-state index contributed by atoms with van der Waals surface area (Å²) in [6.07, 6.45) is 3.37. The van der Waals surface area contributed by atoms with Crippen molar-refractivity contribution >= 4 is 11.0 Å². The Morgan fingerprint density at radius 3 is 1.87 bits per heavy atom.